The summed E-state index contributed by atoms with van der Waals surface area (Å²) in [5.74, 6) is 0.0223. The van der Waals surface area contributed by atoms with E-state index in [0.717, 1.165) is 63.0 Å². The molecule has 2 rings (SSSR count). The van der Waals surface area contributed by atoms with Crippen molar-refractivity contribution in [1.82, 2.24) is 10.3 Å². The first-order chi connectivity index (χ1) is 12.6. The van der Waals surface area contributed by atoms with E-state index in [9.17, 15) is 9.59 Å². The first kappa shape index (κ1) is 20.0. The number of fused-ring (bicyclic) bond motifs is 1. The molecule has 7 heteroatoms. The molecule has 144 valence electrons. The number of nitrogens with zero attached hydrogens (tertiary/aromatic N) is 1. The number of methoxy groups -OCH3 is 1. The highest BCUT2D eigenvalue weighted by atomic mass is 16.5. The second kappa shape index (κ2) is 10.6. The van der Waals surface area contributed by atoms with Gasteiger partial charge in [0.15, 0.2) is 0 Å². The van der Waals surface area contributed by atoms with E-state index in [0.29, 0.717) is 6.42 Å². The van der Waals surface area contributed by atoms with Crippen LogP contribution in [-0.2, 0) is 22.4 Å². The molecule has 1 atom stereocenters. The fourth-order valence-corrected chi connectivity index (χ4v) is 3.15. The van der Waals surface area contributed by atoms with E-state index in [4.69, 9.17) is 10.1 Å². The number of aliphatic carboxylic acids is 1. The molecule has 1 aliphatic rings. The van der Waals surface area contributed by atoms with Gasteiger partial charge in [0.1, 0.15) is 11.9 Å². The van der Waals surface area contributed by atoms with Crippen LogP contribution in [0.2, 0.25) is 0 Å². The third-order valence-electron chi connectivity index (χ3n) is 4.65. The lowest BCUT2D eigenvalue weighted by Gasteiger charge is -2.17. The second-order valence-corrected chi connectivity index (χ2v) is 6.67. The number of anilines is 1. The molecule has 1 amide bonds. The Morgan fingerprint density at radius 1 is 1.27 bits per heavy atom. The number of ether oxygens (including phenoxy) is 1. The van der Waals surface area contributed by atoms with Crippen LogP contribution < -0.4 is 10.6 Å². The Bertz CT molecular complexity index is 606. The summed E-state index contributed by atoms with van der Waals surface area (Å²) in [7, 11) is 1.22. The smallest absolute Gasteiger partial charge is 0.407 e. The second-order valence-electron chi connectivity index (χ2n) is 6.67. The summed E-state index contributed by atoms with van der Waals surface area (Å²) in [4.78, 5) is 26.9. The number of rotatable bonds is 10. The van der Waals surface area contributed by atoms with Crippen LogP contribution in [0.4, 0.5) is 10.6 Å². The maximum Gasteiger partial charge on any atom is 0.407 e. The molecule has 1 aliphatic heterocycles. The Morgan fingerprint density at radius 3 is 2.81 bits per heavy atom. The quantitative estimate of drug-likeness (QED) is 0.552. The first-order valence-electron chi connectivity index (χ1n) is 9.40. The minimum atomic E-state index is -1.03. The average Bonchev–Trinajstić information content (AvgIpc) is 2.65. The number of nitrogens with one attached hydrogen (secondary N) is 2. The van der Waals surface area contributed by atoms with Crippen LogP contribution in [0.1, 0.15) is 56.2 Å². The monoisotopic (exact) mass is 363 g/mol. The largest absolute Gasteiger partial charge is 0.480 e. The summed E-state index contributed by atoms with van der Waals surface area (Å²) >= 11 is 0. The van der Waals surface area contributed by atoms with Gasteiger partial charge in [-0.3, -0.25) is 0 Å². The van der Waals surface area contributed by atoms with Gasteiger partial charge in [0.25, 0.3) is 0 Å². The molecule has 3 N–H and O–H groups in total. The van der Waals surface area contributed by atoms with Crippen molar-refractivity contribution in [2.75, 3.05) is 19.0 Å². The van der Waals surface area contributed by atoms with Gasteiger partial charge in [-0.2, -0.15) is 0 Å². The number of hydrogen-bond acceptors (Lipinski definition) is 5. The predicted octanol–water partition coefficient (Wildman–Crippen LogP) is 3.13. The predicted molar refractivity (Wildman–Crippen MR) is 99.4 cm³/mol. The fourth-order valence-electron chi connectivity index (χ4n) is 3.15. The number of alkyl carbamates (subject to hydrolysis) is 1. The molecule has 2 heterocycles. The molecule has 1 aromatic rings. The van der Waals surface area contributed by atoms with E-state index in [2.05, 4.69) is 27.5 Å². The van der Waals surface area contributed by atoms with Crippen molar-refractivity contribution in [1.29, 1.82) is 0 Å². The van der Waals surface area contributed by atoms with E-state index in [-0.39, 0.29) is 0 Å². The highest BCUT2D eigenvalue weighted by molar-refractivity contribution is 5.79. The van der Waals surface area contributed by atoms with Crippen molar-refractivity contribution < 1.29 is 19.4 Å². The van der Waals surface area contributed by atoms with E-state index in [1.807, 2.05) is 0 Å². The fraction of sp³-hybridized carbons (Fsp3) is 0.632. The van der Waals surface area contributed by atoms with Gasteiger partial charge in [-0.15, -0.1) is 0 Å². The number of amides is 1. The molecule has 0 saturated carbocycles. The lowest BCUT2D eigenvalue weighted by molar-refractivity contribution is -0.139. The number of carboxylic acid groups (broad SMARTS) is 1. The number of aryl methyl sites for hydroxylation is 2. The van der Waals surface area contributed by atoms with Crippen LogP contribution in [-0.4, -0.2) is 41.8 Å². The van der Waals surface area contributed by atoms with E-state index in [1.165, 1.54) is 19.1 Å². The molecule has 7 nitrogen and oxygen atoms in total. The number of unbranched alkanes of at least 4 members (excludes halogenated alkanes) is 4. The van der Waals surface area contributed by atoms with Crippen LogP contribution in [0, 0.1) is 0 Å². The molecule has 1 aromatic heterocycles. The third-order valence-corrected chi connectivity index (χ3v) is 4.65. The molecule has 0 fully saturated rings. The molecule has 0 saturated heterocycles. The lowest BCUT2D eigenvalue weighted by atomic mass is 10.0. The van der Waals surface area contributed by atoms with E-state index < -0.39 is 18.1 Å². The van der Waals surface area contributed by atoms with Crippen molar-refractivity contribution in [2.24, 2.45) is 0 Å². The minimum absolute atomic E-state index is 0.419. The summed E-state index contributed by atoms with van der Waals surface area (Å²) in [6.45, 7) is 1.01. The van der Waals surface area contributed by atoms with E-state index in [1.54, 1.807) is 0 Å². The van der Waals surface area contributed by atoms with Crippen LogP contribution in [0.25, 0.3) is 0 Å². The zero-order valence-corrected chi connectivity index (χ0v) is 15.4. The number of aromatic nitrogens is 1. The van der Waals surface area contributed by atoms with Crippen molar-refractivity contribution in [3.05, 3.63) is 23.4 Å². The van der Waals surface area contributed by atoms with E-state index >= 15 is 0 Å². The van der Waals surface area contributed by atoms with Gasteiger partial charge in [-0.1, -0.05) is 31.7 Å². The SMILES string of the molecule is COC(=O)NC(CCCCCCCc1ccc2c(n1)NCCC2)C(=O)O. The molecule has 0 spiro atoms. The molecule has 1 unspecified atom stereocenters. The van der Waals surface area contributed by atoms with Gasteiger partial charge in [0, 0.05) is 12.2 Å². The number of carbonyl (C=O) groups is 2. The van der Waals surface area contributed by atoms with Gasteiger partial charge in [0.05, 0.1) is 7.11 Å². The zero-order valence-electron chi connectivity index (χ0n) is 15.4. The number of hydrogen-bond donors (Lipinski definition) is 3. The van der Waals surface area contributed by atoms with Crippen molar-refractivity contribution in [3.63, 3.8) is 0 Å². The molecule has 0 radical (unpaired) electrons. The molecular weight excluding hydrogens is 334 g/mol. The highest BCUT2D eigenvalue weighted by Crippen LogP contribution is 2.20. The number of carbonyl (C=O) groups excluding carboxylic acids is 1. The topological polar surface area (TPSA) is 101 Å². The Balaban J connectivity index is 1.59. The average molecular weight is 363 g/mol. The summed E-state index contributed by atoms with van der Waals surface area (Å²) in [6.07, 6.45) is 7.90. The maximum absolute atomic E-state index is 11.1. The number of pyridine rings is 1. The van der Waals surface area contributed by atoms with Gasteiger partial charge >= 0.3 is 12.1 Å². The summed E-state index contributed by atoms with van der Waals surface area (Å²) in [5.41, 5.74) is 2.44. The summed E-state index contributed by atoms with van der Waals surface area (Å²) in [6, 6.07) is 3.43. The van der Waals surface area contributed by atoms with Gasteiger partial charge in [-0.25, -0.2) is 14.6 Å². The van der Waals surface area contributed by atoms with Crippen LogP contribution >= 0.6 is 0 Å². The minimum Gasteiger partial charge on any atom is -0.480 e. The lowest BCUT2D eigenvalue weighted by Crippen LogP contribution is -2.40. The Labute approximate surface area is 154 Å². The van der Waals surface area contributed by atoms with Gasteiger partial charge < -0.3 is 20.5 Å². The standard InChI is InChI=1S/C19H29N3O4/c1-26-19(25)22-16(18(23)24)10-6-4-2-3-5-9-15-12-11-14-8-7-13-20-17(14)21-15/h11-12,16H,2-10,13H2,1H3,(H,20,21)(H,22,25)(H,23,24). The molecule has 0 bridgehead atoms. The Hall–Kier alpha value is -2.31. The van der Waals surface area contributed by atoms with Crippen LogP contribution in [0.15, 0.2) is 12.1 Å². The highest BCUT2D eigenvalue weighted by Gasteiger charge is 2.19. The van der Waals surface area contributed by atoms with Crippen LogP contribution in [0.3, 0.4) is 0 Å². The molecule has 0 aromatic carbocycles. The Kier molecular flexibility index (Phi) is 8.18. The zero-order chi connectivity index (χ0) is 18.8. The summed E-state index contributed by atoms with van der Waals surface area (Å²) in [5, 5.41) is 14.8. The maximum atomic E-state index is 11.1. The molecule has 26 heavy (non-hydrogen) atoms. The van der Waals surface area contributed by atoms with Crippen LogP contribution in [0.5, 0.6) is 0 Å². The normalized spacial score (nSPS) is 14.0. The number of carboxylic acids is 1. The van der Waals surface area contributed by atoms with Crippen molar-refractivity contribution in [3.8, 4) is 0 Å². The van der Waals surface area contributed by atoms with Gasteiger partial charge in [-0.05, 0) is 43.7 Å². The van der Waals surface area contributed by atoms with Crippen molar-refractivity contribution in [2.45, 2.75) is 63.8 Å². The third kappa shape index (κ3) is 6.54. The first-order valence-corrected chi connectivity index (χ1v) is 9.40. The summed E-state index contributed by atoms with van der Waals surface area (Å²) < 4.78 is 4.44. The molecular formula is C19H29N3O4. The van der Waals surface area contributed by atoms with Gasteiger partial charge in [0.2, 0.25) is 0 Å². The molecule has 0 aliphatic carbocycles. The van der Waals surface area contributed by atoms with Crippen molar-refractivity contribution >= 4 is 17.9 Å². The Morgan fingerprint density at radius 2 is 2.04 bits per heavy atom.